The molecule has 22 heavy (non-hydrogen) atoms. The molecule has 0 aliphatic carbocycles. The van der Waals surface area contributed by atoms with Crippen LogP contribution in [0.25, 0.3) is 0 Å². The zero-order chi connectivity index (χ0) is 17.4. The number of carbonyl (C=O) groups is 1. The molecule has 0 heterocycles. The van der Waals surface area contributed by atoms with Gasteiger partial charge in [0.15, 0.2) is 0 Å². The molecule has 0 fully saturated rings. The van der Waals surface area contributed by atoms with Crippen LogP contribution in [0.1, 0.15) is 45.2 Å². The molecule has 0 aliphatic rings. The van der Waals surface area contributed by atoms with Crippen LogP contribution in [0.5, 0.6) is 0 Å². The van der Waals surface area contributed by atoms with Gasteiger partial charge in [-0.15, -0.1) is 0 Å². The van der Waals surface area contributed by atoms with Gasteiger partial charge in [0.1, 0.15) is 0 Å². The van der Waals surface area contributed by atoms with Crippen LogP contribution >= 0.6 is 0 Å². The zero-order valence-electron chi connectivity index (χ0n) is 14.5. The number of nitrogens with one attached hydrogen (secondary N) is 1. The summed E-state index contributed by atoms with van der Waals surface area (Å²) in [6.07, 6.45) is 5.09. The Morgan fingerprint density at radius 2 is 1.77 bits per heavy atom. The molecule has 1 amide bonds. The maximum Gasteiger partial charge on any atom is 0.211 e. The lowest BCUT2D eigenvalue weighted by Gasteiger charge is -2.03. The number of hydrogen-bond donors (Lipinski definition) is 3. The van der Waals surface area contributed by atoms with Crippen molar-refractivity contribution < 1.29 is 4.79 Å². The summed E-state index contributed by atoms with van der Waals surface area (Å²) in [5, 5.41) is 2.50. The van der Waals surface area contributed by atoms with Crippen LogP contribution in [0.3, 0.4) is 0 Å². The molecule has 5 N–H and O–H groups in total. The minimum atomic E-state index is 0.613. The first-order valence-electron chi connectivity index (χ1n) is 7.67. The topological polar surface area (TPSA) is 81.1 Å². The summed E-state index contributed by atoms with van der Waals surface area (Å²) in [4.78, 5) is 10.0. The molecule has 0 saturated carbocycles. The van der Waals surface area contributed by atoms with Gasteiger partial charge in [0.25, 0.3) is 0 Å². The summed E-state index contributed by atoms with van der Waals surface area (Å²) < 4.78 is 0. The van der Waals surface area contributed by atoms with Gasteiger partial charge in [0.2, 0.25) is 6.41 Å². The number of nitrogens with two attached hydrogens (primary N) is 2. The molecule has 0 radical (unpaired) electrons. The predicted molar refractivity (Wildman–Crippen MR) is 95.9 cm³/mol. The Kier molecular flexibility index (Phi) is 15.5. The van der Waals surface area contributed by atoms with E-state index < -0.39 is 0 Å². The van der Waals surface area contributed by atoms with Gasteiger partial charge in [0.05, 0.1) is 11.4 Å². The fourth-order valence-electron chi connectivity index (χ4n) is 1.45. The lowest BCUT2D eigenvalue weighted by molar-refractivity contribution is -0.108. The second-order valence-electron chi connectivity index (χ2n) is 4.22. The van der Waals surface area contributed by atoms with Crippen LogP contribution in [-0.4, -0.2) is 6.41 Å². The smallest absolute Gasteiger partial charge is 0.211 e. The Morgan fingerprint density at radius 1 is 1.23 bits per heavy atom. The fourth-order valence-corrected chi connectivity index (χ4v) is 1.45. The number of rotatable bonds is 5. The summed E-state index contributed by atoms with van der Waals surface area (Å²) in [7, 11) is 0. The van der Waals surface area contributed by atoms with Crippen molar-refractivity contribution in [2.24, 2.45) is 11.5 Å². The molecule has 0 unspecified atom stereocenters. The third kappa shape index (κ3) is 10.7. The van der Waals surface area contributed by atoms with E-state index in [0.717, 1.165) is 6.42 Å². The molecule has 0 aromatic heterocycles. The van der Waals surface area contributed by atoms with E-state index in [1.165, 1.54) is 11.1 Å². The Labute approximate surface area is 135 Å². The van der Waals surface area contributed by atoms with Gasteiger partial charge in [-0.1, -0.05) is 62.8 Å². The van der Waals surface area contributed by atoms with Crippen LogP contribution in [-0.2, 0) is 11.3 Å². The molecule has 0 aliphatic heterocycles. The summed E-state index contributed by atoms with van der Waals surface area (Å²) in [5.41, 5.74) is 14.8. The van der Waals surface area contributed by atoms with Crippen molar-refractivity contribution in [2.75, 3.05) is 0 Å². The fraction of sp³-hybridized carbons (Fsp3) is 0.389. The first kappa shape index (κ1) is 22.2. The van der Waals surface area contributed by atoms with Gasteiger partial charge in [-0.25, -0.2) is 0 Å². The molecule has 0 spiro atoms. The van der Waals surface area contributed by atoms with Gasteiger partial charge >= 0.3 is 0 Å². The van der Waals surface area contributed by atoms with Crippen molar-refractivity contribution >= 4 is 6.41 Å². The lowest BCUT2D eigenvalue weighted by atomic mass is 10.2. The average Bonchev–Trinajstić information content (AvgIpc) is 2.56. The summed E-state index contributed by atoms with van der Waals surface area (Å²) >= 11 is 0. The second-order valence-corrected chi connectivity index (χ2v) is 4.22. The number of carbonyl (C=O) groups excluding carboxylic acids is 1. The standard InChI is InChI=1S/C8H14N2O.C8H11N.C2H6/c1-3-5-7(9)8(4-2)10-6-11;1-7-2-4-8(6-9)5-3-7;1-2/h4-6H,3,9H2,1-2H3,(H,10,11);2-5H,6,9H2,1H3;1-2H3/b7-5+,8-4+;;. The van der Waals surface area contributed by atoms with Crippen LogP contribution in [0, 0.1) is 6.92 Å². The predicted octanol–water partition coefficient (Wildman–Crippen LogP) is 3.37. The molecular weight excluding hydrogens is 274 g/mol. The lowest BCUT2D eigenvalue weighted by Crippen LogP contribution is -2.16. The Morgan fingerprint density at radius 3 is 2.14 bits per heavy atom. The Bertz CT molecular complexity index is 448. The molecule has 1 aromatic carbocycles. The first-order valence-corrected chi connectivity index (χ1v) is 7.67. The normalized spacial score (nSPS) is 10.6. The number of allylic oxidation sites excluding steroid dienone is 2. The number of aryl methyl sites for hydroxylation is 1. The summed E-state index contributed by atoms with van der Waals surface area (Å²) in [5.74, 6) is 0. The van der Waals surface area contributed by atoms with E-state index in [1.807, 2.05) is 33.8 Å². The van der Waals surface area contributed by atoms with Crippen LogP contribution in [0.15, 0.2) is 47.8 Å². The second kappa shape index (κ2) is 15.3. The molecule has 0 bridgehead atoms. The molecule has 0 saturated heterocycles. The third-order valence-electron chi connectivity index (χ3n) is 2.59. The average molecular weight is 305 g/mol. The van der Waals surface area contributed by atoms with E-state index in [1.54, 1.807) is 6.08 Å². The van der Waals surface area contributed by atoms with Gasteiger partial charge in [0, 0.05) is 6.54 Å². The van der Waals surface area contributed by atoms with E-state index in [-0.39, 0.29) is 0 Å². The molecule has 124 valence electrons. The molecule has 1 aromatic rings. The van der Waals surface area contributed by atoms with Crippen molar-refractivity contribution in [3.05, 3.63) is 58.9 Å². The summed E-state index contributed by atoms with van der Waals surface area (Å²) in [6.45, 7) is 10.5. The maximum absolute atomic E-state index is 10.0. The van der Waals surface area contributed by atoms with Gasteiger partial charge in [-0.2, -0.15) is 0 Å². The number of amides is 1. The van der Waals surface area contributed by atoms with Crippen LogP contribution in [0.2, 0.25) is 0 Å². The number of hydrogen-bond acceptors (Lipinski definition) is 3. The Hall–Kier alpha value is -2.07. The molecule has 4 heteroatoms. The minimum absolute atomic E-state index is 0.613. The highest BCUT2D eigenvalue weighted by molar-refractivity contribution is 5.53. The Balaban J connectivity index is 0. The summed E-state index contributed by atoms with van der Waals surface area (Å²) in [6, 6.07) is 8.25. The highest BCUT2D eigenvalue weighted by atomic mass is 16.1. The van der Waals surface area contributed by atoms with Gasteiger partial charge in [-0.3, -0.25) is 4.79 Å². The van der Waals surface area contributed by atoms with Gasteiger partial charge < -0.3 is 16.8 Å². The number of benzene rings is 1. The van der Waals surface area contributed by atoms with Crippen molar-refractivity contribution in [1.29, 1.82) is 0 Å². The van der Waals surface area contributed by atoms with E-state index in [9.17, 15) is 4.79 Å². The first-order chi connectivity index (χ1) is 10.6. The monoisotopic (exact) mass is 305 g/mol. The van der Waals surface area contributed by atoms with Crippen molar-refractivity contribution in [3.63, 3.8) is 0 Å². The van der Waals surface area contributed by atoms with E-state index in [4.69, 9.17) is 11.5 Å². The zero-order valence-corrected chi connectivity index (χ0v) is 14.5. The molecule has 0 atom stereocenters. The largest absolute Gasteiger partial charge is 0.397 e. The van der Waals surface area contributed by atoms with Gasteiger partial charge in [-0.05, 0) is 25.8 Å². The highest BCUT2D eigenvalue weighted by Gasteiger charge is 1.95. The quantitative estimate of drug-likeness (QED) is 0.576. The maximum atomic E-state index is 10.0. The van der Waals surface area contributed by atoms with Crippen molar-refractivity contribution in [2.45, 2.75) is 47.6 Å². The molecule has 4 nitrogen and oxygen atoms in total. The van der Waals surface area contributed by atoms with E-state index in [2.05, 4.69) is 36.5 Å². The van der Waals surface area contributed by atoms with Crippen molar-refractivity contribution in [1.82, 2.24) is 5.32 Å². The van der Waals surface area contributed by atoms with E-state index in [0.29, 0.717) is 24.3 Å². The third-order valence-corrected chi connectivity index (χ3v) is 2.59. The SMILES string of the molecule is C/C=C(NC=O)\C(N)=C/CC.CC.Cc1ccc(CN)cc1. The van der Waals surface area contributed by atoms with Crippen molar-refractivity contribution in [3.8, 4) is 0 Å². The molecular formula is C18H31N3O. The van der Waals surface area contributed by atoms with E-state index >= 15 is 0 Å². The van der Waals surface area contributed by atoms with Crippen LogP contribution < -0.4 is 16.8 Å². The molecule has 1 rings (SSSR count). The van der Waals surface area contributed by atoms with Crippen LogP contribution in [0.4, 0.5) is 0 Å². The highest BCUT2D eigenvalue weighted by Crippen LogP contribution is 2.00. The minimum Gasteiger partial charge on any atom is -0.397 e.